The molecular weight excluding hydrogens is 276 g/mol. The van der Waals surface area contributed by atoms with Gasteiger partial charge in [0.25, 0.3) is 0 Å². The fourth-order valence-corrected chi connectivity index (χ4v) is 2.61. The van der Waals surface area contributed by atoms with Crippen LogP contribution < -0.4 is 0 Å². The summed E-state index contributed by atoms with van der Waals surface area (Å²) in [6.45, 7) is 2.13. The number of carbonyl (C=O) groups excluding carboxylic acids is 2. The number of rotatable bonds is 16. The van der Waals surface area contributed by atoms with Crippen LogP contribution >= 0.6 is 0 Å². The number of carbonyl (C=O) groups is 2. The Morgan fingerprint density at radius 2 is 1.05 bits per heavy atom. The zero-order valence-corrected chi connectivity index (χ0v) is 14.8. The Hall–Kier alpha value is -0.860. The maximum atomic E-state index is 11.5. The molecule has 0 aliphatic heterocycles. The van der Waals surface area contributed by atoms with Gasteiger partial charge < -0.3 is 4.74 Å². The van der Waals surface area contributed by atoms with Gasteiger partial charge in [0.15, 0.2) is 0 Å². The van der Waals surface area contributed by atoms with Crippen LogP contribution in [0.3, 0.4) is 0 Å². The number of hydrogen-bond donors (Lipinski definition) is 0. The molecule has 0 unspecified atom stereocenters. The average Bonchev–Trinajstić information content (AvgIpc) is 2.53. The number of Topliss-reactive ketones (excluding diaryl/α,β-unsaturated/α-hetero) is 1. The highest BCUT2D eigenvalue weighted by Gasteiger charge is 2.01. The molecule has 0 aromatic heterocycles. The summed E-state index contributed by atoms with van der Waals surface area (Å²) < 4.78 is 4.62. The van der Waals surface area contributed by atoms with Gasteiger partial charge >= 0.3 is 5.97 Å². The molecule has 0 fully saturated rings. The summed E-state index contributed by atoms with van der Waals surface area (Å²) in [5, 5.41) is 0. The SMILES string of the molecule is CCCCC(=O)CCCCCCCCCCCCC(=O)OC. The van der Waals surface area contributed by atoms with E-state index in [2.05, 4.69) is 11.7 Å². The first kappa shape index (κ1) is 21.1. The summed E-state index contributed by atoms with van der Waals surface area (Å²) >= 11 is 0. The van der Waals surface area contributed by atoms with Crippen LogP contribution in [0.25, 0.3) is 0 Å². The first-order chi connectivity index (χ1) is 10.7. The Balaban J connectivity index is 3.11. The van der Waals surface area contributed by atoms with Crippen LogP contribution in [0.4, 0.5) is 0 Å². The topological polar surface area (TPSA) is 43.4 Å². The van der Waals surface area contributed by atoms with Crippen molar-refractivity contribution in [2.24, 2.45) is 0 Å². The zero-order chi connectivity index (χ0) is 16.5. The predicted octanol–water partition coefficient (Wildman–Crippen LogP) is 5.60. The fourth-order valence-electron chi connectivity index (χ4n) is 2.61. The quantitative estimate of drug-likeness (QED) is 0.275. The van der Waals surface area contributed by atoms with Crippen molar-refractivity contribution in [3.63, 3.8) is 0 Å². The first-order valence-corrected chi connectivity index (χ1v) is 9.29. The maximum absolute atomic E-state index is 11.5. The highest BCUT2D eigenvalue weighted by atomic mass is 16.5. The Morgan fingerprint density at radius 3 is 1.50 bits per heavy atom. The Labute approximate surface area is 137 Å². The van der Waals surface area contributed by atoms with E-state index < -0.39 is 0 Å². The minimum absolute atomic E-state index is 0.0897. The maximum Gasteiger partial charge on any atom is 0.305 e. The van der Waals surface area contributed by atoms with Crippen LogP contribution in [0.15, 0.2) is 0 Å². The summed E-state index contributed by atoms with van der Waals surface area (Å²) in [6.07, 6.45) is 16.4. The third-order valence-corrected chi connectivity index (χ3v) is 4.12. The van der Waals surface area contributed by atoms with Gasteiger partial charge in [-0.2, -0.15) is 0 Å². The molecule has 0 aromatic carbocycles. The zero-order valence-electron chi connectivity index (χ0n) is 14.8. The number of unbranched alkanes of at least 4 members (excludes halogenated alkanes) is 10. The average molecular weight is 312 g/mol. The second-order valence-corrected chi connectivity index (χ2v) is 6.25. The number of hydrogen-bond acceptors (Lipinski definition) is 3. The number of methoxy groups -OCH3 is 1. The summed E-state index contributed by atoms with van der Waals surface area (Å²) in [4.78, 5) is 22.4. The van der Waals surface area contributed by atoms with Crippen molar-refractivity contribution in [2.45, 2.75) is 103 Å². The van der Waals surface area contributed by atoms with Crippen molar-refractivity contribution >= 4 is 11.8 Å². The normalized spacial score (nSPS) is 10.6. The monoisotopic (exact) mass is 312 g/mol. The van der Waals surface area contributed by atoms with E-state index in [0.717, 1.165) is 44.9 Å². The number of ketones is 1. The Morgan fingerprint density at radius 1 is 0.636 bits per heavy atom. The Bertz CT molecular complexity index is 274. The van der Waals surface area contributed by atoms with Crippen LogP contribution in [0.1, 0.15) is 103 Å². The van der Waals surface area contributed by atoms with Crippen molar-refractivity contribution < 1.29 is 14.3 Å². The molecule has 0 radical (unpaired) electrons. The van der Waals surface area contributed by atoms with E-state index >= 15 is 0 Å². The fraction of sp³-hybridized carbons (Fsp3) is 0.895. The second kappa shape index (κ2) is 16.5. The molecule has 130 valence electrons. The molecule has 0 aliphatic carbocycles. The van der Waals surface area contributed by atoms with Gasteiger partial charge in [-0.05, 0) is 19.3 Å². The van der Waals surface area contributed by atoms with Crippen LogP contribution in [0.2, 0.25) is 0 Å². The lowest BCUT2D eigenvalue weighted by Crippen LogP contribution is -1.99. The highest BCUT2D eigenvalue weighted by molar-refractivity contribution is 5.78. The second-order valence-electron chi connectivity index (χ2n) is 6.25. The minimum atomic E-state index is -0.0897. The molecular formula is C19H36O3. The number of esters is 1. The van der Waals surface area contributed by atoms with Gasteiger partial charge in [0, 0.05) is 19.3 Å². The molecule has 0 atom stereocenters. The molecule has 3 heteroatoms. The smallest absolute Gasteiger partial charge is 0.305 e. The van der Waals surface area contributed by atoms with Gasteiger partial charge in [0.1, 0.15) is 5.78 Å². The molecule has 0 bridgehead atoms. The summed E-state index contributed by atoms with van der Waals surface area (Å²) in [6, 6.07) is 0. The molecule has 3 nitrogen and oxygen atoms in total. The van der Waals surface area contributed by atoms with Crippen LogP contribution in [-0.2, 0) is 14.3 Å². The lowest BCUT2D eigenvalue weighted by atomic mass is 10.0. The molecule has 0 saturated heterocycles. The van der Waals surface area contributed by atoms with E-state index in [1.807, 2.05) is 0 Å². The van der Waals surface area contributed by atoms with E-state index in [4.69, 9.17) is 0 Å². The third kappa shape index (κ3) is 15.5. The van der Waals surface area contributed by atoms with E-state index in [9.17, 15) is 9.59 Å². The molecule has 0 spiro atoms. The van der Waals surface area contributed by atoms with Gasteiger partial charge in [-0.1, -0.05) is 64.7 Å². The van der Waals surface area contributed by atoms with Gasteiger partial charge in [-0.25, -0.2) is 0 Å². The first-order valence-electron chi connectivity index (χ1n) is 9.29. The summed E-state index contributed by atoms with van der Waals surface area (Å²) in [5.74, 6) is 0.363. The molecule has 0 N–H and O–H groups in total. The highest BCUT2D eigenvalue weighted by Crippen LogP contribution is 2.12. The molecule has 0 rings (SSSR count). The molecule has 22 heavy (non-hydrogen) atoms. The van der Waals surface area contributed by atoms with E-state index in [0.29, 0.717) is 12.2 Å². The molecule has 0 aliphatic rings. The lowest BCUT2D eigenvalue weighted by molar-refractivity contribution is -0.140. The predicted molar refractivity (Wildman–Crippen MR) is 92.0 cm³/mol. The van der Waals surface area contributed by atoms with Crippen molar-refractivity contribution in [3.8, 4) is 0 Å². The standard InChI is InChI=1S/C19H36O3/c1-3-4-15-18(20)16-13-11-9-7-5-6-8-10-12-14-17-19(21)22-2/h3-17H2,1-2H3. The van der Waals surface area contributed by atoms with E-state index in [1.54, 1.807) is 0 Å². The van der Waals surface area contributed by atoms with Crippen molar-refractivity contribution in [1.82, 2.24) is 0 Å². The van der Waals surface area contributed by atoms with Gasteiger partial charge in [-0.3, -0.25) is 9.59 Å². The summed E-state index contributed by atoms with van der Waals surface area (Å²) in [7, 11) is 1.45. The largest absolute Gasteiger partial charge is 0.469 e. The van der Waals surface area contributed by atoms with Crippen molar-refractivity contribution in [1.29, 1.82) is 0 Å². The lowest BCUT2D eigenvalue weighted by Gasteiger charge is -2.03. The van der Waals surface area contributed by atoms with E-state index in [-0.39, 0.29) is 5.97 Å². The van der Waals surface area contributed by atoms with Crippen molar-refractivity contribution in [3.05, 3.63) is 0 Å². The van der Waals surface area contributed by atoms with Crippen LogP contribution in [0.5, 0.6) is 0 Å². The Kier molecular flexibility index (Phi) is 15.9. The number of ether oxygens (including phenoxy) is 1. The van der Waals surface area contributed by atoms with Crippen LogP contribution in [0, 0.1) is 0 Å². The molecule has 0 saturated carbocycles. The molecule has 0 heterocycles. The minimum Gasteiger partial charge on any atom is -0.469 e. The van der Waals surface area contributed by atoms with Gasteiger partial charge in [0.2, 0.25) is 0 Å². The third-order valence-electron chi connectivity index (χ3n) is 4.12. The van der Waals surface area contributed by atoms with E-state index in [1.165, 1.54) is 52.1 Å². The van der Waals surface area contributed by atoms with Gasteiger partial charge in [-0.15, -0.1) is 0 Å². The molecule has 0 amide bonds. The molecule has 0 aromatic rings. The summed E-state index contributed by atoms with van der Waals surface area (Å²) in [5.41, 5.74) is 0. The van der Waals surface area contributed by atoms with Gasteiger partial charge in [0.05, 0.1) is 7.11 Å². The van der Waals surface area contributed by atoms with Crippen molar-refractivity contribution in [2.75, 3.05) is 7.11 Å². The van der Waals surface area contributed by atoms with Crippen LogP contribution in [-0.4, -0.2) is 18.9 Å².